The van der Waals surface area contributed by atoms with Crippen molar-refractivity contribution in [1.82, 2.24) is 9.66 Å². The summed E-state index contributed by atoms with van der Waals surface area (Å²) in [5, 5.41) is 0. The predicted molar refractivity (Wildman–Crippen MR) is 56.9 cm³/mol. The first kappa shape index (κ1) is 9.26. The van der Waals surface area contributed by atoms with Gasteiger partial charge in [0.15, 0.2) is 0 Å². The number of hydrogen-bond donors (Lipinski definition) is 2. The summed E-state index contributed by atoms with van der Waals surface area (Å²) in [6.07, 6.45) is 0. The second kappa shape index (κ2) is 3.45. The first-order chi connectivity index (χ1) is 7.18. The summed E-state index contributed by atoms with van der Waals surface area (Å²) in [6.45, 7) is 0. The number of nitrogens with two attached hydrogens (primary N) is 1. The van der Waals surface area contributed by atoms with Gasteiger partial charge in [0.25, 0.3) is 5.56 Å². The molecular formula is C10H9N3O2. The minimum Gasteiger partial charge on any atom is -0.332 e. The van der Waals surface area contributed by atoms with Gasteiger partial charge >= 0.3 is 5.69 Å². The number of aromatic nitrogens is 2. The number of nitrogens with one attached hydrogen (secondary N) is 1. The van der Waals surface area contributed by atoms with Crippen LogP contribution in [0.1, 0.15) is 0 Å². The Bertz CT molecular complexity index is 552. The Hall–Kier alpha value is -2.30. The summed E-state index contributed by atoms with van der Waals surface area (Å²) < 4.78 is 0.534. The molecule has 0 saturated carbocycles. The molecule has 0 saturated heterocycles. The minimum absolute atomic E-state index is 0.465. The van der Waals surface area contributed by atoms with Gasteiger partial charge in [-0.25, -0.2) is 4.79 Å². The molecule has 5 nitrogen and oxygen atoms in total. The van der Waals surface area contributed by atoms with Crippen molar-refractivity contribution in [2.24, 2.45) is 0 Å². The van der Waals surface area contributed by atoms with E-state index in [0.29, 0.717) is 10.4 Å². The van der Waals surface area contributed by atoms with Gasteiger partial charge in [-0.05, 0) is 5.56 Å². The van der Waals surface area contributed by atoms with Gasteiger partial charge < -0.3 is 10.8 Å². The molecule has 0 spiro atoms. The molecule has 1 aromatic carbocycles. The highest BCUT2D eigenvalue weighted by Gasteiger charge is 2.02. The van der Waals surface area contributed by atoms with Crippen LogP contribution in [0.2, 0.25) is 0 Å². The van der Waals surface area contributed by atoms with E-state index in [1.807, 2.05) is 18.2 Å². The Morgan fingerprint density at radius 2 is 1.80 bits per heavy atom. The fourth-order valence-electron chi connectivity index (χ4n) is 1.28. The third-order valence-corrected chi connectivity index (χ3v) is 2.05. The van der Waals surface area contributed by atoms with Crippen molar-refractivity contribution in [3.8, 4) is 11.3 Å². The molecule has 5 heteroatoms. The highest BCUT2D eigenvalue weighted by atomic mass is 16.2. The monoisotopic (exact) mass is 203 g/mol. The lowest BCUT2D eigenvalue weighted by Gasteiger charge is -2.01. The van der Waals surface area contributed by atoms with Crippen LogP contribution < -0.4 is 17.1 Å². The zero-order valence-electron chi connectivity index (χ0n) is 7.81. The molecule has 0 bridgehead atoms. The maximum absolute atomic E-state index is 11.3. The molecule has 15 heavy (non-hydrogen) atoms. The van der Waals surface area contributed by atoms with E-state index in [1.54, 1.807) is 12.1 Å². The third kappa shape index (κ3) is 1.67. The van der Waals surface area contributed by atoms with Gasteiger partial charge in [0, 0.05) is 6.07 Å². The molecule has 0 radical (unpaired) electrons. The normalized spacial score (nSPS) is 10.1. The topological polar surface area (TPSA) is 80.9 Å². The fourth-order valence-corrected chi connectivity index (χ4v) is 1.28. The molecule has 0 atom stereocenters. The van der Waals surface area contributed by atoms with Gasteiger partial charge in [-0.1, -0.05) is 30.3 Å². The molecule has 1 aromatic heterocycles. The number of nitrogens with zero attached hydrogens (tertiary/aromatic N) is 1. The van der Waals surface area contributed by atoms with Gasteiger partial charge in [0.05, 0.1) is 5.69 Å². The van der Waals surface area contributed by atoms with Crippen LogP contribution in [0.4, 0.5) is 0 Å². The highest BCUT2D eigenvalue weighted by Crippen LogP contribution is 2.11. The number of hydrogen-bond acceptors (Lipinski definition) is 3. The van der Waals surface area contributed by atoms with Crippen molar-refractivity contribution in [3.63, 3.8) is 0 Å². The lowest BCUT2D eigenvalue weighted by molar-refractivity contribution is 0.837. The third-order valence-electron chi connectivity index (χ3n) is 2.05. The van der Waals surface area contributed by atoms with Crippen molar-refractivity contribution in [2.45, 2.75) is 0 Å². The molecule has 0 fully saturated rings. The summed E-state index contributed by atoms with van der Waals surface area (Å²) in [5.41, 5.74) is 0.0820. The summed E-state index contributed by atoms with van der Waals surface area (Å²) in [5.74, 6) is 5.19. The highest BCUT2D eigenvalue weighted by molar-refractivity contribution is 5.57. The Morgan fingerprint density at radius 3 is 2.40 bits per heavy atom. The van der Waals surface area contributed by atoms with Gasteiger partial charge in [-0.15, -0.1) is 0 Å². The SMILES string of the molecule is Nn1c(=O)cc(-c2ccccc2)[nH]c1=O. The van der Waals surface area contributed by atoms with Gasteiger partial charge in [0.1, 0.15) is 0 Å². The Balaban J connectivity index is 2.67. The lowest BCUT2D eigenvalue weighted by Crippen LogP contribution is -2.40. The van der Waals surface area contributed by atoms with Crippen LogP contribution in [0, 0.1) is 0 Å². The van der Waals surface area contributed by atoms with Crippen molar-refractivity contribution in [2.75, 3.05) is 5.84 Å². The van der Waals surface area contributed by atoms with E-state index in [2.05, 4.69) is 4.98 Å². The zero-order valence-corrected chi connectivity index (χ0v) is 7.81. The number of rotatable bonds is 1. The summed E-state index contributed by atoms with van der Waals surface area (Å²) in [6, 6.07) is 10.4. The van der Waals surface area contributed by atoms with Crippen molar-refractivity contribution in [1.29, 1.82) is 0 Å². The average molecular weight is 203 g/mol. The van der Waals surface area contributed by atoms with Crippen LogP contribution in [0.15, 0.2) is 46.0 Å². The molecule has 1 heterocycles. The van der Waals surface area contributed by atoms with Crippen LogP contribution in [-0.4, -0.2) is 9.66 Å². The smallest absolute Gasteiger partial charge is 0.332 e. The van der Waals surface area contributed by atoms with E-state index >= 15 is 0 Å². The second-order valence-corrected chi connectivity index (χ2v) is 3.06. The predicted octanol–water partition coefficient (Wildman–Crippen LogP) is -0.0826. The van der Waals surface area contributed by atoms with Crippen molar-refractivity contribution >= 4 is 0 Å². The standard InChI is InChI=1S/C10H9N3O2/c11-13-9(14)6-8(12-10(13)15)7-4-2-1-3-5-7/h1-6H,11H2,(H,12,15). The number of nitrogen functional groups attached to an aromatic ring is 1. The van der Waals surface area contributed by atoms with E-state index in [9.17, 15) is 9.59 Å². The number of aromatic amines is 1. The molecule has 2 rings (SSSR count). The Kier molecular flexibility index (Phi) is 2.13. The Labute approximate surface area is 84.8 Å². The molecule has 2 aromatic rings. The molecule has 0 aliphatic heterocycles. The first-order valence-electron chi connectivity index (χ1n) is 4.35. The maximum atomic E-state index is 11.3. The van der Waals surface area contributed by atoms with Crippen LogP contribution in [0.3, 0.4) is 0 Å². The van der Waals surface area contributed by atoms with E-state index in [4.69, 9.17) is 5.84 Å². The van der Waals surface area contributed by atoms with Crippen LogP contribution in [0.5, 0.6) is 0 Å². The fraction of sp³-hybridized carbons (Fsp3) is 0. The van der Waals surface area contributed by atoms with Gasteiger partial charge in [-0.3, -0.25) is 4.79 Å². The summed E-state index contributed by atoms with van der Waals surface area (Å²) >= 11 is 0. The number of benzene rings is 1. The van der Waals surface area contributed by atoms with E-state index < -0.39 is 11.2 Å². The van der Waals surface area contributed by atoms with Crippen molar-refractivity contribution in [3.05, 3.63) is 57.2 Å². The molecule has 76 valence electrons. The summed E-state index contributed by atoms with van der Waals surface area (Å²) in [4.78, 5) is 25.0. The van der Waals surface area contributed by atoms with Gasteiger partial charge in [0.2, 0.25) is 0 Å². The molecule has 0 amide bonds. The van der Waals surface area contributed by atoms with E-state index in [0.717, 1.165) is 5.56 Å². The maximum Gasteiger partial charge on any atom is 0.347 e. The molecule has 0 aliphatic carbocycles. The molecule has 0 aliphatic rings. The number of H-pyrrole nitrogens is 1. The van der Waals surface area contributed by atoms with E-state index in [1.165, 1.54) is 6.07 Å². The molecule has 3 N–H and O–H groups in total. The summed E-state index contributed by atoms with van der Waals surface area (Å²) in [7, 11) is 0. The second-order valence-electron chi connectivity index (χ2n) is 3.06. The van der Waals surface area contributed by atoms with Crippen LogP contribution in [0.25, 0.3) is 11.3 Å². The largest absolute Gasteiger partial charge is 0.347 e. The zero-order chi connectivity index (χ0) is 10.8. The van der Waals surface area contributed by atoms with Gasteiger partial charge in [-0.2, -0.15) is 4.68 Å². The average Bonchev–Trinajstić information content (AvgIpc) is 2.26. The van der Waals surface area contributed by atoms with Crippen LogP contribution in [-0.2, 0) is 0 Å². The first-order valence-corrected chi connectivity index (χ1v) is 4.35. The Morgan fingerprint density at radius 1 is 1.13 bits per heavy atom. The molecular weight excluding hydrogens is 194 g/mol. The van der Waals surface area contributed by atoms with Crippen molar-refractivity contribution < 1.29 is 0 Å². The lowest BCUT2D eigenvalue weighted by atomic mass is 10.1. The quantitative estimate of drug-likeness (QED) is 0.636. The van der Waals surface area contributed by atoms with Crippen LogP contribution >= 0.6 is 0 Å². The minimum atomic E-state index is -0.624. The molecule has 0 unspecified atom stereocenters. The van der Waals surface area contributed by atoms with E-state index in [-0.39, 0.29) is 0 Å².